The standard InChI is InChI=1S/C31H37N3O5/c1-4-5-15-34(24-9-8-14-32(3)17-24)31(36)19-33-18-25(23-12-13-29-30(16-23)39-21-38-29)22(2)26(33)20-37-28-11-7-6-10-27(28)35/h6-14,16-17,22,25-26H,4-5,15,18-21H2,1-3H3/p+1/t22-,25+,26+/m1/s1. The molecule has 3 aromatic rings. The van der Waals surface area contributed by atoms with Crippen molar-refractivity contribution in [3.05, 3.63) is 72.6 Å². The molecule has 8 heteroatoms. The highest BCUT2D eigenvalue weighted by Crippen LogP contribution is 2.42. The SMILES string of the molecule is CCCCN(C(=O)CN1C[C@H](c2ccc3c(c2)OCO3)[C@@H](C)[C@@H]1COc1ccccc1O)c1ccc[n+](C)c1. The molecule has 1 saturated heterocycles. The van der Waals surface area contributed by atoms with Crippen molar-refractivity contribution < 1.29 is 28.7 Å². The average molecular weight is 533 g/mol. The topological polar surface area (TPSA) is 75.4 Å². The first-order chi connectivity index (χ1) is 18.9. The number of ether oxygens (including phenoxy) is 3. The van der Waals surface area contributed by atoms with Crippen LogP contribution in [0.1, 0.15) is 38.2 Å². The second-order valence-electron chi connectivity index (χ2n) is 10.5. The van der Waals surface area contributed by atoms with Crippen LogP contribution in [-0.2, 0) is 11.8 Å². The van der Waals surface area contributed by atoms with Gasteiger partial charge in [-0.25, -0.2) is 4.57 Å². The molecule has 3 atom stereocenters. The molecule has 1 fully saturated rings. The molecule has 2 aliphatic rings. The van der Waals surface area contributed by atoms with Gasteiger partial charge in [-0.05, 0) is 48.2 Å². The molecule has 3 heterocycles. The smallest absolute Gasteiger partial charge is 0.241 e. The third-order valence-electron chi connectivity index (χ3n) is 7.85. The summed E-state index contributed by atoms with van der Waals surface area (Å²) >= 11 is 0. The molecule has 0 unspecified atom stereocenters. The van der Waals surface area contributed by atoms with Gasteiger partial charge < -0.3 is 24.2 Å². The van der Waals surface area contributed by atoms with Gasteiger partial charge in [0.2, 0.25) is 12.7 Å². The van der Waals surface area contributed by atoms with Gasteiger partial charge in [0.15, 0.2) is 35.4 Å². The van der Waals surface area contributed by atoms with Gasteiger partial charge in [-0.2, -0.15) is 0 Å². The molecule has 0 saturated carbocycles. The zero-order valence-corrected chi connectivity index (χ0v) is 23.0. The van der Waals surface area contributed by atoms with E-state index in [-0.39, 0.29) is 42.9 Å². The molecule has 1 N–H and O–H groups in total. The number of unbranched alkanes of at least 4 members (excludes halogenated alkanes) is 1. The summed E-state index contributed by atoms with van der Waals surface area (Å²) in [5.74, 6) is 2.54. The maximum atomic E-state index is 13.9. The minimum absolute atomic E-state index is 0.0242. The number of hydrogen-bond acceptors (Lipinski definition) is 6. The van der Waals surface area contributed by atoms with Crippen LogP contribution >= 0.6 is 0 Å². The molecule has 0 radical (unpaired) electrons. The highest BCUT2D eigenvalue weighted by Gasteiger charge is 2.42. The van der Waals surface area contributed by atoms with E-state index in [0.29, 0.717) is 25.4 Å². The lowest BCUT2D eigenvalue weighted by atomic mass is 9.87. The van der Waals surface area contributed by atoms with E-state index in [1.165, 1.54) is 0 Å². The van der Waals surface area contributed by atoms with Crippen LogP contribution in [0.3, 0.4) is 0 Å². The third kappa shape index (κ3) is 5.96. The first-order valence-electron chi connectivity index (χ1n) is 13.7. The number of carbonyl (C=O) groups excluding carboxylic acids is 1. The quantitative estimate of drug-likeness (QED) is 0.394. The number of rotatable bonds is 10. The molecule has 5 rings (SSSR count). The van der Waals surface area contributed by atoms with E-state index in [1.807, 2.05) is 53.2 Å². The van der Waals surface area contributed by atoms with Gasteiger partial charge >= 0.3 is 0 Å². The van der Waals surface area contributed by atoms with Crippen molar-refractivity contribution in [2.75, 3.05) is 37.9 Å². The summed E-state index contributed by atoms with van der Waals surface area (Å²) in [6.07, 6.45) is 5.90. The second-order valence-corrected chi connectivity index (χ2v) is 10.5. The Morgan fingerprint density at radius 3 is 2.77 bits per heavy atom. The largest absolute Gasteiger partial charge is 0.504 e. The van der Waals surface area contributed by atoms with Gasteiger partial charge in [0.25, 0.3) is 0 Å². The van der Waals surface area contributed by atoms with E-state index in [0.717, 1.165) is 35.6 Å². The van der Waals surface area contributed by atoms with Crippen molar-refractivity contribution in [1.29, 1.82) is 0 Å². The maximum absolute atomic E-state index is 13.9. The van der Waals surface area contributed by atoms with Crippen LogP contribution in [-0.4, -0.2) is 55.0 Å². The summed E-state index contributed by atoms with van der Waals surface area (Å²) in [6, 6.07) is 17.1. The number of nitrogens with zero attached hydrogens (tertiary/aromatic N) is 3. The molecular weight excluding hydrogens is 494 g/mol. The molecule has 39 heavy (non-hydrogen) atoms. The molecule has 206 valence electrons. The van der Waals surface area contributed by atoms with E-state index < -0.39 is 0 Å². The van der Waals surface area contributed by atoms with E-state index in [2.05, 4.69) is 30.9 Å². The van der Waals surface area contributed by atoms with Crippen LogP contribution in [0.5, 0.6) is 23.0 Å². The lowest BCUT2D eigenvalue weighted by Crippen LogP contribution is -2.46. The van der Waals surface area contributed by atoms with Crippen molar-refractivity contribution >= 4 is 11.6 Å². The molecule has 1 aromatic heterocycles. The molecule has 2 aliphatic heterocycles. The number of carbonyl (C=O) groups is 1. The van der Waals surface area contributed by atoms with Gasteiger partial charge in [0.05, 0.1) is 6.54 Å². The van der Waals surface area contributed by atoms with Crippen molar-refractivity contribution in [3.63, 3.8) is 0 Å². The lowest BCUT2D eigenvalue weighted by molar-refractivity contribution is -0.670. The van der Waals surface area contributed by atoms with Crippen LogP contribution in [0, 0.1) is 5.92 Å². The Labute approximate surface area is 230 Å². The highest BCUT2D eigenvalue weighted by molar-refractivity contribution is 5.94. The molecular formula is C31H38N3O5+. The summed E-state index contributed by atoms with van der Waals surface area (Å²) < 4.78 is 19.3. The predicted molar refractivity (Wildman–Crippen MR) is 148 cm³/mol. The molecule has 0 bridgehead atoms. The minimum atomic E-state index is -0.0242. The number of amides is 1. The number of aromatic nitrogens is 1. The van der Waals surface area contributed by atoms with Crippen LogP contribution in [0.2, 0.25) is 0 Å². The number of fused-ring (bicyclic) bond motifs is 1. The Bertz CT molecular complexity index is 1300. The Balaban J connectivity index is 1.39. The number of phenolic OH excluding ortho intramolecular Hbond substituents is 1. The van der Waals surface area contributed by atoms with Crippen molar-refractivity contribution in [3.8, 4) is 23.0 Å². The fourth-order valence-electron chi connectivity index (χ4n) is 5.61. The van der Waals surface area contributed by atoms with Crippen LogP contribution in [0.4, 0.5) is 5.69 Å². The summed E-state index contributed by atoms with van der Waals surface area (Å²) in [5, 5.41) is 10.3. The Kier molecular flexibility index (Phi) is 8.21. The van der Waals surface area contributed by atoms with Gasteiger partial charge in [-0.1, -0.05) is 38.5 Å². The van der Waals surface area contributed by atoms with Crippen LogP contribution < -0.4 is 23.7 Å². The Hall–Kier alpha value is -3.78. The van der Waals surface area contributed by atoms with E-state index in [9.17, 15) is 9.90 Å². The Morgan fingerprint density at radius 1 is 1.15 bits per heavy atom. The number of aryl methyl sites for hydroxylation is 1. The monoisotopic (exact) mass is 532 g/mol. The molecule has 8 nitrogen and oxygen atoms in total. The maximum Gasteiger partial charge on any atom is 0.241 e. The normalized spacial score (nSPS) is 20.2. The predicted octanol–water partition coefficient (Wildman–Crippen LogP) is 4.26. The minimum Gasteiger partial charge on any atom is -0.504 e. The highest BCUT2D eigenvalue weighted by atomic mass is 16.7. The fourth-order valence-corrected chi connectivity index (χ4v) is 5.61. The molecule has 0 spiro atoms. The first kappa shape index (κ1) is 26.8. The second kappa shape index (κ2) is 11.9. The van der Waals surface area contributed by atoms with Gasteiger partial charge in [-0.15, -0.1) is 0 Å². The van der Waals surface area contributed by atoms with E-state index >= 15 is 0 Å². The van der Waals surface area contributed by atoms with Gasteiger partial charge in [0.1, 0.15) is 19.3 Å². The van der Waals surface area contributed by atoms with Crippen molar-refractivity contribution in [2.24, 2.45) is 13.0 Å². The number of phenols is 1. The van der Waals surface area contributed by atoms with Gasteiger partial charge in [-0.3, -0.25) is 9.69 Å². The number of para-hydroxylation sites is 2. The van der Waals surface area contributed by atoms with E-state index in [4.69, 9.17) is 14.2 Å². The average Bonchev–Trinajstić information content (AvgIpc) is 3.52. The molecule has 0 aliphatic carbocycles. The fraction of sp³-hybridized carbons (Fsp3) is 0.419. The molecule has 1 amide bonds. The lowest BCUT2D eigenvalue weighted by Gasteiger charge is -2.29. The number of hydrogen-bond donors (Lipinski definition) is 1. The summed E-state index contributed by atoms with van der Waals surface area (Å²) in [4.78, 5) is 18.0. The number of likely N-dealkylation sites (tertiary alicyclic amines) is 1. The zero-order chi connectivity index (χ0) is 27.4. The van der Waals surface area contributed by atoms with E-state index in [1.54, 1.807) is 18.2 Å². The number of anilines is 1. The van der Waals surface area contributed by atoms with Crippen LogP contribution in [0.25, 0.3) is 0 Å². The number of pyridine rings is 1. The Morgan fingerprint density at radius 2 is 1.97 bits per heavy atom. The number of benzene rings is 2. The first-order valence-corrected chi connectivity index (χ1v) is 13.7. The summed E-state index contributed by atoms with van der Waals surface area (Å²) in [6.45, 7) is 6.62. The van der Waals surface area contributed by atoms with Gasteiger partial charge in [0, 0.05) is 31.1 Å². The summed E-state index contributed by atoms with van der Waals surface area (Å²) in [5.41, 5.74) is 2.06. The van der Waals surface area contributed by atoms with Crippen molar-refractivity contribution in [1.82, 2.24) is 4.90 Å². The zero-order valence-electron chi connectivity index (χ0n) is 23.0. The van der Waals surface area contributed by atoms with Crippen molar-refractivity contribution in [2.45, 2.75) is 38.6 Å². The van der Waals surface area contributed by atoms with Crippen LogP contribution in [0.15, 0.2) is 67.0 Å². The number of aromatic hydroxyl groups is 1. The third-order valence-corrected chi connectivity index (χ3v) is 7.85. The molecule has 2 aromatic carbocycles. The summed E-state index contributed by atoms with van der Waals surface area (Å²) in [7, 11) is 1.97.